The summed E-state index contributed by atoms with van der Waals surface area (Å²) in [6.45, 7) is 0.508. The molecule has 134 valence electrons. The monoisotopic (exact) mass is 370 g/mol. The second-order valence-electron chi connectivity index (χ2n) is 6.04. The van der Waals surface area contributed by atoms with Crippen LogP contribution < -0.4 is 5.32 Å². The maximum atomic E-state index is 13.1. The summed E-state index contributed by atoms with van der Waals surface area (Å²) < 4.78 is 44.3. The van der Waals surface area contributed by atoms with Crippen LogP contribution in [0.3, 0.4) is 0 Å². The molecule has 1 N–H and O–H groups in total. The Labute approximate surface area is 147 Å². The van der Waals surface area contributed by atoms with Gasteiger partial charge in [0.25, 0.3) is 5.91 Å². The minimum absolute atomic E-state index is 0.0254. The fourth-order valence-corrected chi connectivity index (χ4v) is 3.72. The predicted molar refractivity (Wildman–Crippen MR) is 89.4 cm³/mol. The summed E-state index contributed by atoms with van der Waals surface area (Å²) in [6, 6.07) is 6.29. The van der Waals surface area contributed by atoms with E-state index in [-0.39, 0.29) is 21.8 Å². The molecule has 0 bridgehead atoms. The first kappa shape index (κ1) is 17.8. The highest BCUT2D eigenvalue weighted by Gasteiger charge is 2.37. The van der Waals surface area contributed by atoms with Crippen molar-refractivity contribution in [2.24, 2.45) is 0 Å². The third-order valence-electron chi connectivity index (χ3n) is 4.51. The summed E-state index contributed by atoms with van der Waals surface area (Å²) in [5.74, 6) is -0.527. The van der Waals surface area contributed by atoms with E-state index >= 15 is 0 Å². The molecule has 0 radical (unpaired) electrons. The van der Waals surface area contributed by atoms with Crippen LogP contribution in [-0.2, 0) is 6.18 Å². The van der Waals surface area contributed by atoms with Crippen molar-refractivity contribution in [3.63, 3.8) is 0 Å². The van der Waals surface area contributed by atoms with Gasteiger partial charge in [-0.2, -0.15) is 24.9 Å². The molecule has 1 aromatic heterocycles. The normalized spacial score (nSPS) is 16.3. The quantitative estimate of drug-likeness (QED) is 0.849. The fourth-order valence-electron chi connectivity index (χ4n) is 2.81. The average molecular weight is 370 g/mol. The van der Waals surface area contributed by atoms with Crippen LogP contribution in [0.2, 0.25) is 0 Å². The molecule has 25 heavy (non-hydrogen) atoms. The van der Waals surface area contributed by atoms with E-state index in [1.54, 1.807) is 11.8 Å². The highest BCUT2D eigenvalue weighted by atomic mass is 32.2. The van der Waals surface area contributed by atoms with Gasteiger partial charge >= 0.3 is 6.18 Å². The first-order valence-electron chi connectivity index (χ1n) is 7.81. The zero-order valence-electron chi connectivity index (χ0n) is 13.5. The summed E-state index contributed by atoms with van der Waals surface area (Å²) in [5, 5.41) is 6.42. The highest BCUT2D eigenvalue weighted by Crippen LogP contribution is 2.42. The highest BCUT2D eigenvalue weighted by molar-refractivity contribution is 8.00. The number of aromatic nitrogens is 1. The molecule has 4 nitrogen and oxygen atoms in total. The molecule has 8 heteroatoms. The lowest BCUT2D eigenvalue weighted by molar-refractivity contribution is -0.137. The number of nitrogens with zero attached hydrogens (tertiary/aromatic N) is 1. The third-order valence-corrected chi connectivity index (χ3v) is 5.93. The Morgan fingerprint density at radius 1 is 1.36 bits per heavy atom. The molecule has 2 aromatic rings. The maximum Gasteiger partial charge on any atom is 0.417 e. The standard InChI is InChI=1S/C17H17F3N2O2S/c1-25-16(7-4-8-16)10-21-15(23)13-9-14(24-22-13)11-5-2-3-6-12(11)17(18,19)20/h2-3,5-6,9H,4,7-8,10H2,1H3,(H,21,23). The van der Waals surface area contributed by atoms with E-state index in [2.05, 4.69) is 10.5 Å². The van der Waals surface area contributed by atoms with Gasteiger partial charge in [-0.05, 0) is 25.2 Å². The lowest BCUT2D eigenvalue weighted by Crippen LogP contribution is -2.45. The Morgan fingerprint density at radius 3 is 2.68 bits per heavy atom. The maximum absolute atomic E-state index is 13.1. The van der Waals surface area contributed by atoms with E-state index in [0.29, 0.717) is 6.54 Å². The van der Waals surface area contributed by atoms with E-state index in [4.69, 9.17) is 4.52 Å². The van der Waals surface area contributed by atoms with Crippen molar-refractivity contribution in [3.8, 4) is 11.3 Å². The van der Waals surface area contributed by atoms with E-state index in [1.165, 1.54) is 24.3 Å². The molecule has 0 spiro atoms. The molecule has 0 saturated heterocycles. The minimum Gasteiger partial charge on any atom is -0.355 e. The van der Waals surface area contributed by atoms with Gasteiger partial charge in [0, 0.05) is 22.9 Å². The van der Waals surface area contributed by atoms with E-state index < -0.39 is 17.6 Å². The number of halogens is 3. The van der Waals surface area contributed by atoms with Crippen LogP contribution in [0, 0.1) is 0 Å². The van der Waals surface area contributed by atoms with Crippen LogP contribution in [0.1, 0.15) is 35.3 Å². The van der Waals surface area contributed by atoms with Crippen LogP contribution in [0.4, 0.5) is 13.2 Å². The first-order chi connectivity index (χ1) is 11.8. The third kappa shape index (κ3) is 3.68. The summed E-state index contributed by atoms with van der Waals surface area (Å²) in [7, 11) is 0. The summed E-state index contributed by atoms with van der Waals surface area (Å²) in [6.07, 6.45) is 0.711. The molecule has 0 atom stereocenters. The molecule has 1 aliphatic carbocycles. The number of benzene rings is 1. The Hall–Kier alpha value is -1.96. The van der Waals surface area contributed by atoms with Gasteiger partial charge in [-0.1, -0.05) is 29.8 Å². The fraction of sp³-hybridized carbons (Fsp3) is 0.412. The molecule has 1 fully saturated rings. The Balaban J connectivity index is 1.76. The molecular formula is C17H17F3N2O2S. The number of alkyl halides is 3. The van der Waals surface area contributed by atoms with Crippen LogP contribution in [0.15, 0.2) is 34.9 Å². The molecule has 1 saturated carbocycles. The van der Waals surface area contributed by atoms with Crippen molar-refractivity contribution in [2.45, 2.75) is 30.2 Å². The average Bonchev–Trinajstić information content (AvgIpc) is 3.03. The number of amides is 1. The van der Waals surface area contributed by atoms with Gasteiger partial charge in [-0.25, -0.2) is 0 Å². The number of rotatable bonds is 5. The van der Waals surface area contributed by atoms with Crippen molar-refractivity contribution in [2.75, 3.05) is 12.8 Å². The van der Waals surface area contributed by atoms with Gasteiger partial charge < -0.3 is 9.84 Å². The molecule has 3 rings (SSSR count). The van der Waals surface area contributed by atoms with Crippen molar-refractivity contribution < 1.29 is 22.5 Å². The second kappa shape index (κ2) is 6.74. The van der Waals surface area contributed by atoms with Crippen molar-refractivity contribution in [1.82, 2.24) is 10.5 Å². The van der Waals surface area contributed by atoms with E-state index in [0.717, 1.165) is 25.3 Å². The molecular weight excluding hydrogens is 353 g/mol. The zero-order chi connectivity index (χ0) is 18.1. The van der Waals surface area contributed by atoms with Crippen molar-refractivity contribution in [1.29, 1.82) is 0 Å². The van der Waals surface area contributed by atoms with Crippen molar-refractivity contribution in [3.05, 3.63) is 41.6 Å². The summed E-state index contributed by atoms with van der Waals surface area (Å²) in [5.41, 5.74) is -0.988. The predicted octanol–water partition coefficient (Wildman–Crippen LogP) is 4.38. The lowest BCUT2D eigenvalue weighted by atomic mass is 9.84. The first-order valence-corrected chi connectivity index (χ1v) is 9.04. The van der Waals surface area contributed by atoms with Crippen LogP contribution >= 0.6 is 11.8 Å². The summed E-state index contributed by atoms with van der Waals surface area (Å²) >= 11 is 1.72. The van der Waals surface area contributed by atoms with E-state index in [1.807, 2.05) is 6.26 Å². The molecule has 0 unspecified atom stereocenters. The van der Waals surface area contributed by atoms with E-state index in [9.17, 15) is 18.0 Å². The SMILES string of the molecule is CSC1(CNC(=O)c2cc(-c3ccccc3C(F)(F)F)on2)CCC1. The number of thioether (sulfide) groups is 1. The van der Waals surface area contributed by atoms with Gasteiger partial charge in [0.2, 0.25) is 0 Å². The smallest absolute Gasteiger partial charge is 0.355 e. The second-order valence-corrected chi connectivity index (χ2v) is 7.32. The zero-order valence-corrected chi connectivity index (χ0v) is 14.3. The lowest BCUT2D eigenvalue weighted by Gasteiger charge is -2.40. The number of carbonyl (C=O) groups excluding carboxylic acids is 1. The molecule has 1 amide bonds. The number of nitrogens with one attached hydrogen (secondary N) is 1. The molecule has 1 aromatic carbocycles. The van der Waals surface area contributed by atoms with Gasteiger partial charge in [0.05, 0.1) is 5.56 Å². The number of carbonyl (C=O) groups is 1. The van der Waals surface area contributed by atoms with Gasteiger partial charge in [0.1, 0.15) is 0 Å². The van der Waals surface area contributed by atoms with Crippen LogP contribution in [0.25, 0.3) is 11.3 Å². The minimum atomic E-state index is -4.51. The Bertz CT molecular complexity index is 764. The van der Waals surface area contributed by atoms with Gasteiger partial charge in [0.15, 0.2) is 11.5 Å². The largest absolute Gasteiger partial charge is 0.417 e. The Morgan fingerprint density at radius 2 is 2.08 bits per heavy atom. The molecule has 1 heterocycles. The summed E-state index contributed by atoms with van der Waals surface area (Å²) in [4.78, 5) is 12.2. The topological polar surface area (TPSA) is 55.1 Å². The number of hydrogen-bond donors (Lipinski definition) is 1. The molecule has 0 aliphatic heterocycles. The van der Waals surface area contributed by atoms with Crippen LogP contribution in [-0.4, -0.2) is 28.6 Å². The van der Waals surface area contributed by atoms with Crippen LogP contribution in [0.5, 0.6) is 0 Å². The van der Waals surface area contributed by atoms with Crippen molar-refractivity contribution >= 4 is 17.7 Å². The Kier molecular flexibility index (Phi) is 4.81. The van der Waals surface area contributed by atoms with Gasteiger partial charge in [-0.3, -0.25) is 4.79 Å². The molecule has 1 aliphatic rings. The number of hydrogen-bond acceptors (Lipinski definition) is 4. The van der Waals surface area contributed by atoms with Gasteiger partial charge in [-0.15, -0.1) is 0 Å².